The highest BCUT2D eigenvalue weighted by Crippen LogP contribution is 2.27. The van der Waals surface area contributed by atoms with Gasteiger partial charge in [0.2, 0.25) is 5.95 Å². The molecule has 0 bridgehead atoms. The van der Waals surface area contributed by atoms with Crippen molar-refractivity contribution < 1.29 is 9.47 Å². The SMILES string of the molecule is CCN(Cc1cccc(OC)c1)c1cc(C2CCOC2)nc(N)n1. The number of nitrogens with zero attached hydrogens (tertiary/aromatic N) is 3. The highest BCUT2D eigenvalue weighted by Gasteiger charge is 2.21. The quantitative estimate of drug-likeness (QED) is 0.878. The Labute approximate surface area is 142 Å². The molecule has 6 heteroatoms. The summed E-state index contributed by atoms with van der Waals surface area (Å²) in [6.45, 7) is 5.17. The number of ether oxygens (including phenoxy) is 2. The molecule has 0 spiro atoms. The van der Waals surface area contributed by atoms with E-state index in [-0.39, 0.29) is 0 Å². The molecule has 1 aliphatic heterocycles. The average Bonchev–Trinajstić information content (AvgIpc) is 3.14. The predicted molar refractivity (Wildman–Crippen MR) is 94.3 cm³/mol. The number of anilines is 2. The van der Waals surface area contributed by atoms with E-state index < -0.39 is 0 Å². The molecule has 1 aromatic heterocycles. The molecule has 1 saturated heterocycles. The van der Waals surface area contributed by atoms with E-state index in [1.807, 2.05) is 24.3 Å². The van der Waals surface area contributed by atoms with Crippen molar-refractivity contribution in [1.82, 2.24) is 9.97 Å². The van der Waals surface area contributed by atoms with Crippen LogP contribution in [0.2, 0.25) is 0 Å². The van der Waals surface area contributed by atoms with E-state index in [1.54, 1.807) is 7.11 Å². The summed E-state index contributed by atoms with van der Waals surface area (Å²) < 4.78 is 10.8. The van der Waals surface area contributed by atoms with Crippen LogP contribution in [0.4, 0.5) is 11.8 Å². The first-order valence-corrected chi connectivity index (χ1v) is 8.29. The molecule has 2 aromatic rings. The Bertz CT molecular complexity index is 686. The largest absolute Gasteiger partial charge is 0.497 e. The summed E-state index contributed by atoms with van der Waals surface area (Å²) in [5.74, 6) is 2.34. The monoisotopic (exact) mass is 328 g/mol. The number of nitrogens with two attached hydrogens (primary N) is 1. The van der Waals surface area contributed by atoms with Gasteiger partial charge in [0.05, 0.1) is 19.4 Å². The van der Waals surface area contributed by atoms with Crippen LogP contribution in [0.3, 0.4) is 0 Å². The van der Waals surface area contributed by atoms with Crippen LogP contribution in [-0.4, -0.2) is 36.8 Å². The van der Waals surface area contributed by atoms with Crippen LogP contribution < -0.4 is 15.4 Å². The summed E-state index contributed by atoms with van der Waals surface area (Å²) in [6.07, 6.45) is 0.984. The number of nitrogen functional groups attached to an aromatic ring is 1. The second-order valence-electron chi connectivity index (χ2n) is 5.94. The van der Waals surface area contributed by atoms with Gasteiger partial charge < -0.3 is 20.1 Å². The van der Waals surface area contributed by atoms with Gasteiger partial charge in [-0.15, -0.1) is 0 Å². The van der Waals surface area contributed by atoms with Gasteiger partial charge in [0.25, 0.3) is 0 Å². The molecule has 1 fully saturated rings. The Morgan fingerprint density at radius 2 is 2.21 bits per heavy atom. The van der Waals surface area contributed by atoms with Crippen molar-refractivity contribution in [2.45, 2.75) is 25.8 Å². The number of aromatic nitrogens is 2. The summed E-state index contributed by atoms with van der Waals surface area (Å²) in [7, 11) is 1.68. The van der Waals surface area contributed by atoms with Crippen molar-refractivity contribution >= 4 is 11.8 Å². The lowest BCUT2D eigenvalue weighted by molar-refractivity contribution is 0.193. The molecule has 24 heavy (non-hydrogen) atoms. The third-order valence-corrected chi connectivity index (χ3v) is 4.31. The standard InChI is InChI=1S/C18H24N4O2/c1-3-22(11-13-5-4-6-15(9-13)23-2)17-10-16(20-18(19)21-17)14-7-8-24-12-14/h4-6,9-10,14H,3,7-8,11-12H2,1-2H3,(H2,19,20,21). The highest BCUT2D eigenvalue weighted by atomic mass is 16.5. The molecule has 6 nitrogen and oxygen atoms in total. The Morgan fingerprint density at radius 3 is 2.92 bits per heavy atom. The lowest BCUT2D eigenvalue weighted by atomic mass is 10.0. The fourth-order valence-electron chi connectivity index (χ4n) is 2.96. The van der Waals surface area contributed by atoms with Crippen molar-refractivity contribution in [2.75, 3.05) is 37.5 Å². The van der Waals surface area contributed by atoms with Gasteiger partial charge in [0.1, 0.15) is 11.6 Å². The van der Waals surface area contributed by atoms with Crippen LogP contribution in [0.5, 0.6) is 5.75 Å². The maximum absolute atomic E-state index is 5.95. The first-order chi connectivity index (χ1) is 11.7. The highest BCUT2D eigenvalue weighted by molar-refractivity contribution is 5.45. The van der Waals surface area contributed by atoms with Gasteiger partial charge in [-0.25, -0.2) is 4.98 Å². The van der Waals surface area contributed by atoms with Crippen molar-refractivity contribution in [2.24, 2.45) is 0 Å². The van der Waals surface area contributed by atoms with Gasteiger partial charge in [-0.05, 0) is 31.0 Å². The van der Waals surface area contributed by atoms with Crippen molar-refractivity contribution in [3.05, 3.63) is 41.6 Å². The van der Waals surface area contributed by atoms with Crippen LogP contribution in [0.1, 0.15) is 30.5 Å². The number of hydrogen-bond acceptors (Lipinski definition) is 6. The molecule has 128 valence electrons. The molecule has 0 amide bonds. The third kappa shape index (κ3) is 3.76. The van der Waals surface area contributed by atoms with Crippen LogP contribution in [0, 0.1) is 0 Å². The fourth-order valence-corrected chi connectivity index (χ4v) is 2.96. The van der Waals surface area contributed by atoms with E-state index in [2.05, 4.69) is 27.9 Å². The average molecular weight is 328 g/mol. The Kier molecular flexibility index (Phi) is 5.15. The Morgan fingerprint density at radius 1 is 1.33 bits per heavy atom. The fraction of sp³-hybridized carbons (Fsp3) is 0.444. The molecule has 2 N–H and O–H groups in total. The number of benzene rings is 1. The molecule has 1 aliphatic rings. The van der Waals surface area contributed by atoms with Crippen LogP contribution in [0.25, 0.3) is 0 Å². The van der Waals surface area contributed by atoms with Gasteiger partial charge in [0, 0.05) is 31.7 Å². The second kappa shape index (κ2) is 7.49. The van der Waals surface area contributed by atoms with Gasteiger partial charge in [0.15, 0.2) is 0 Å². The lowest BCUT2D eigenvalue weighted by Crippen LogP contribution is -2.24. The molecule has 0 radical (unpaired) electrons. The zero-order chi connectivity index (χ0) is 16.9. The van der Waals surface area contributed by atoms with Crippen molar-refractivity contribution in [1.29, 1.82) is 0 Å². The normalized spacial score (nSPS) is 17.0. The van der Waals surface area contributed by atoms with Gasteiger partial charge in [-0.1, -0.05) is 12.1 Å². The summed E-state index contributed by atoms with van der Waals surface area (Å²) >= 11 is 0. The molecule has 1 aromatic carbocycles. The number of rotatable bonds is 6. The van der Waals surface area contributed by atoms with Gasteiger partial charge in [-0.3, -0.25) is 0 Å². The molecular weight excluding hydrogens is 304 g/mol. The topological polar surface area (TPSA) is 73.5 Å². The van der Waals surface area contributed by atoms with Crippen molar-refractivity contribution in [3.8, 4) is 5.75 Å². The van der Waals surface area contributed by atoms with E-state index in [4.69, 9.17) is 15.2 Å². The lowest BCUT2D eigenvalue weighted by Gasteiger charge is -2.23. The summed E-state index contributed by atoms with van der Waals surface area (Å²) in [4.78, 5) is 11.0. The predicted octanol–water partition coefficient (Wildman–Crippen LogP) is 2.60. The first kappa shape index (κ1) is 16.5. The molecule has 0 saturated carbocycles. The number of methoxy groups -OCH3 is 1. The minimum Gasteiger partial charge on any atom is -0.497 e. The molecular formula is C18H24N4O2. The number of hydrogen-bond donors (Lipinski definition) is 1. The first-order valence-electron chi connectivity index (χ1n) is 8.29. The van der Waals surface area contributed by atoms with Crippen LogP contribution in [-0.2, 0) is 11.3 Å². The molecule has 1 atom stereocenters. The smallest absolute Gasteiger partial charge is 0.222 e. The van der Waals surface area contributed by atoms with E-state index >= 15 is 0 Å². The molecule has 0 aliphatic carbocycles. The second-order valence-corrected chi connectivity index (χ2v) is 5.94. The Balaban J connectivity index is 1.84. The van der Waals surface area contributed by atoms with Crippen LogP contribution >= 0.6 is 0 Å². The van der Waals surface area contributed by atoms with Crippen molar-refractivity contribution in [3.63, 3.8) is 0 Å². The summed E-state index contributed by atoms with van der Waals surface area (Å²) in [5, 5.41) is 0. The van der Waals surface area contributed by atoms with E-state index in [1.165, 1.54) is 5.56 Å². The third-order valence-electron chi connectivity index (χ3n) is 4.31. The molecule has 3 rings (SSSR count). The van der Waals surface area contributed by atoms with Gasteiger partial charge >= 0.3 is 0 Å². The summed E-state index contributed by atoms with van der Waals surface area (Å²) in [5.41, 5.74) is 8.09. The molecule has 2 heterocycles. The zero-order valence-corrected chi connectivity index (χ0v) is 14.2. The minimum absolute atomic E-state index is 0.310. The zero-order valence-electron chi connectivity index (χ0n) is 14.2. The summed E-state index contributed by atoms with van der Waals surface area (Å²) in [6, 6.07) is 10.1. The van der Waals surface area contributed by atoms with E-state index in [9.17, 15) is 0 Å². The minimum atomic E-state index is 0.310. The Hall–Kier alpha value is -2.34. The van der Waals surface area contributed by atoms with Crippen LogP contribution in [0.15, 0.2) is 30.3 Å². The maximum Gasteiger partial charge on any atom is 0.222 e. The van der Waals surface area contributed by atoms with E-state index in [0.717, 1.165) is 43.4 Å². The van der Waals surface area contributed by atoms with Gasteiger partial charge in [-0.2, -0.15) is 4.98 Å². The van der Waals surface area contributed by atoms with E-state index in [0.29, 0.717) is 18.5 Å². The maximum atomic E-state index is 5.95. The molecule has 1 unspecified atom stereocenters.